The van der Waals surface area contributed by atoms with E-state index in [0.29, 0.717) is 18.7 Å². The van der Waals surface area contributed by atoms with Crippen molar-refractivity contribution in [2.75, 3.05) is 44.7 Å². The van der Waals surface area contributed by atoms with Crippen LogP contribution in [0.15, 0.2) is 53.5 Å². The highest BCUT2D eigenvalue weighted by Gasteiger charge is 2.20. The van der Waals surface area contributed by atoms with Crippen LogP contribution in [-0.4, -0.2) is 56.5 Å². The number of rotatable bonds is 6. The van der Waals surface area contributed by atoms with E-state index in [1.165, 1.54) is 12.1 Å². The second kappa shape index (κ2) is 12.5. The molecule has 0 radical (unpaired) electrons. The molecular weight excluding hydrogens is 508 g/mol. The van der Waals surface area contributed by atoms with Crippen molar-refractivity contribution < 1.29 is 9.18 Å². The number of carbonyl (C=O) groups is 1. The fourth-order valence-corrected chi connectivity index (χ4v) is 3.50. The van der Waals surface area contributed by atoms with E-state index in [1.807, 2.05) is 43.3 Å². The molecular formula is C23H31FIN5O. The number of halogens is 2. The van der Waals surface area contributed by atoms with Crippen LogP contribution in [0.3, 0.4) is 0 Å². The van der Waals surface area contributed by atoms with Gasteiger partial charge in [-0.1, -0.05) is 19.1 Å². The standard InChI is InChI=1S/C23H30FN5O.HI/c1-3-11-26-22(30)19-6-4-5-18(16-19)17-27-23(25-2)29-14-12-28(13-15-29)21-9-7-20(24)8-10-21;/h4-10,16H,3,11-15,17H2,1-2H3,(H,25,27)(H,26,30);1H. The summed E-state index contributed by atoms with van der Waals surface area (Å²) in [6, 6.07) is 14.3. The van der Waals surface area contributed by atoms with E-state index < -0.39 is 0 Å². The molecule has 2 aromatic carbocycles. The molecule has 0 saturated carbocycles. The zero-order valence-electron chi connectivity index (χ0n) is 18.1. The second-order valence-corrected chi connectivity index (χ2v) is 7.31. The molecule has 3 rings (SSSR count). The largest absolute Gasteiger partial charge is 0.368 e. The molecule has 0 bridgehead atoms. The van der Waals surface area contributed by atoms with Crippen molar-refractivity contribution >= 4 is 41.5 Å². The van der Waals surface area contributed by atoms with Crippen molar-refractivity contribution in [1.29, 1.82) is 0 Å². The first kappa shape index (κ1) is 24.9. The predicted octanol–water partition coefficient (Wildman–Crippen LogP) is 3.48. The molecule has 0 unspecified atom stereocenters. The van der Waals surface area contributed by atoms with Crippen LogP contribution in [0.4, 0.5) is 10.1 Å². The first-order valence-corrected chi connectivity index (χ1v) is 10.4. The SMILES string of the molecule is CCCNC(=O)c1cccc(CNC(=NC)N2CCN(c3ccc(F)cc3)CC2)c1.I. The van der Waals surface area contributed by atoms with Crippen LogP contribution in [0.1, 0.15) is 29.3 Å². The topological polar surface area (TPSA) is 60.0 Å². The van der Waals surface area contributed by atoms with E-state index in [4.69, 9.17) is 0 Å². The number of carbonyl (C=O) groups excluding carboxylic acids is 1. The molecule has 0 atom stereocenters. The van der Waals surface area contributed by atoms with E-state index in [2.05, 4.69) is 25.4 Å². The monoisotopic (exact) mass is 539 g/mol. The number of benzene rings is 2. The van der Waals surface area contributed by atoms with E-state index in [-0.39, 0.29) is 35.7 Å². The van der Waals surface area contributed by atoms with E-state index in [9.17, 15) is 9.18 Å². The summed E-state index contributed by atoms with van der Waals surface area (Å²) in [4.78, 5) is 21.1. The zero-order chi connectivity index (χ0) is 21.3. The Morgan fingerprint density at radius 2 is 1.77 bits per heavy atom. The van der Waals surface area contributed by atoms with Gasteiger partial charge in [-0.2, -0.15) is 0 Å². The Bertz CT molecular complexity index is 867. The van der Waals surface area contributed by atoms with Gasteiger partial charge in [0.1, 0.15) is 5.82 Å². The number of guanidine groups is 1. The Morgan fingerprint density at radius 1 is 1.06 bits per heavy atom. The van der Waals surface area contributed by atoms with Crippen molar-refractivity contribution in [2.45, 2.75) is 19.9 Å². The number of piperazine rings is 1. The minimum absolute atomic E-state index is 0. The van der Waals surface area contributed by atoms with Gasteiger partial charge in [-0.05, 0) is 48.4 Å². The third-order valence-electron chi connectivity index (χ3n) is 5.16. The lowest BCUT2D eigenvalue weighted by Crippen LogP contribution is -2.52. The van der Waals surface area contributed by atoms with Gasteiger partial charge in [0.25, 0.3) is 5.91 Å². The average molecular weight is 539 g/mol. The number of nitrogens with zero attached hydrogens (tertiary/aromatic N) is 3. The molecule has 1 fully saturated rings. The van der Waals surface area contributed by atoms with E-state index in [0.717, 1.165) is 49.8 Å². The Morgan fingerprint density at radius 3 is 2.42 bits per heavy atom. The fourth-order valence-electron chi connectivity index (χ4n) is 3.50. The van der Waals surface area contributed by atoms with Crippen LogP contribution in [-0.2, 0) is 6.54 Å². The maximum absolute atomic E-state index is 13.1. The van der Waals surface area contributed by atoms with Gasteiger partial charge in [-0.25, -0.2) is 4.39 Å². The van der Waals surface area contributed by atoms with Gasteiger partial charge in [0, 0.05) is 57.6 Å². The third kappa shape index (κ3) is 7.09. The quantitative estimate of drug-likeness (QED) is 0.336. The number of aliphatic imine (C=N–C) groups is 1. The Hall–Kier alpha value is -2.36. The van der Waals surface area contributed by atoms with Crippen molar-refractivity contribution in [3.8, 4) is 0 Å². The minimum Gasteiger partial charge on any atom is -0.368 e. The van der Waals surface area contributed by atoms with Crippen LogP contribution >= 0.6 is 24.0 Å². The van der Waals surface area contributed by atoms with Crippen molar-refractivity contribution in [3.63, 3.8) is 0 Å². The van der Waals surface area contributed by atoms with Gasteiger partial charge in [-0.15, -0.1) is 24.0 Å². The Kier molecular flexibility index (Phi) is 10.0. The summed E-state index contributed by atoms with van der Waals surface area (Å²) in [5.41, 5.74) is 2.74. The van der Waals surface area contributed by atoms with Crippen LogP contribution in [0.25, 0.3) is 0 Å². The molecule has 1 aliphatic heterocycles. The first-order valence-electron chi connectivity index (χ1n) is 10.4. The van der Waals surface area contributed by atoms with Crippen molar-refractivity contribution in [2.24, 2.45) is 4.99 Å². The number of anilines is 1. The lowest BCUT2D eigenvalue weighted by molar-refractivity contribution is 0.0953. The Balaban J connectivity index is 0.00000341. The molecule has 1 heterocycles. The highest BCUT2D eigenvalue weighted by molar-refractivity contribution is 14.0. The van der Waals surface area contributed by atoms with Crippen LogP contribution in [0.5, 0.6) is 0 Å². The van der Waals surface area contributed by atoms with Gasteiger partial charge in [0.15, 0.2) is 5.96 Å². The van der Waals surface area contributed by atoms with Crippen LogP contribution < -0.4 is 15.5 Å². The lowest BCUT2D eigenvalue weighted by Gasteiger charge is -2.37. The summed E-state index contributed by atoms with van der Waals surface area (Å²) in [6.07, 6.45) is 0.914. The summed E-state index contributed by atoms with van der Waals surface area (Å²) in [5, 5.41) is 6.31. The fraction of sp³-hybridized carbons (Fsp3) is 0.391. The molecule has 168 valence electrons. The molecule has 6 nitrogen and oxygen atoms in total. The number of nitrogens with one attached hydrogen (secondary N) is 2. The van der Waals surface area contributed by atoms with Gasteiger partial charge >= 0.3 is 0 Å². The zero-order valence-corrected chi connectivity index (χ0v) is 20.4. The molecule has 0 spiro atoms. The lowest BCUT2D eigenvalue weighted by atomic mass is 10.1. The van der Waals surface area contributed by atoms with Gasteiger partial charge in [0.2, 0.25) is 0 Å². The summed E-state index contributed by atoms with van der Waals surface area (Å²) >= 11 is 0. The van der Waals surface area contributed by atoms with Crippen molar-refractivity contribution in [3.05, 3.63) is 65.5 Å². The molecule has 1 saturated heterocycles. The normalized spacial score (nSPS) is 14.1. The maximum Gasteiger partial charge on any atom is 0.251 e. The van der Waals surface area contributed by atoms with E-state index >= 15 is 0 Å². The molecule has 31 heavy (non-hydrogen) atoms. The molecule has 2 N–H and O–H groups in total. The van der Waals surface area contributed by atoms with Gasteiger partial charge in [0.05, 0.1) is 0 Å². The molecule has 1 amide bonds. The highest BCUT2D eigenvalue weighted by Crippen LogP contribution is 2.17. The van der Waals surface area contributed by atoms with Gasteiger partial charge in [-0.3, -0.25) is 9.79 Å². The van der Waals surface area contributed by atoms with Crippen molar-refractivity contribution in [1.82, 2.24) is 15.5 Å². The maximum atomic E-state index is 13.1. The molecule has 1 aliphatic rings. The summed E-state index contributed by atoms with van der Waals surface area (Å²) in [7, 11) is 1.78. The van der Waals surface area contributed by atoms with Crippen LogP contribution in [0.2, 0.25) is 0 Å². The number of amides is 1. The molecule has 0 aliphatic carbocycles. The molecule has 0 aromatic heterocycles. The van der Waals surface area contributed by atoms with Crippen LogP contribution in [0, 0.1) is 5.82 Å². The predicted molar refractivity (Wildman–Crippen MR) is 135 cm³/mol. The number of hydrogen-bond donors (Lipinski definition) is 2. The summed E-state index contributed by atoms with van der Waals surface area (Å²) in [5.74, 6) is 0.587. The smallest absolute Gasteiger partial charge is 0.251 e. The van der Waals surface area contributed by atoms with Gasteiger partial charge < -0.3 is 20.4 Å². The van der Waals surface area contributed by atoms with E-state index in [1.54, 1.807) is 7.05 Å². The molecule has 2 aromatic rings. The summed E-state index contributed by atoms with van der Waals surface area (Å²) in [6.45, 7) is 6.66. The third-order valence-corrected chi connectivity index (χ3v) is 5.16. The minimum atomic E-state index is -0.214. The molecule has 8 heteroatoms. The highest BCUT2D eigenvalue weighted by atomic mass is 127. The summed E-state index contributed by atoms with van der Waals surface area (Å²) < 4.78 is 13.1. The first-order chi connectivity index (χ1) is 14.6. The average Bonchev–Trinajstić information content (AvgIpc) is 2.79. The number of hydrogen-bond acceptors (Lipinski definition) is 3. The Labute approximate surface area is 200 Å². The second-order valence-electron chi connectivity index (χ2n) is 7.31.